The zero-order valence-electron chi connectivity index (χ0n) is 11.6. The minimum Gasteiger partial charge on any atom is -0.397 e. The fourth-order valence-corrected chi connectivity index (χ4v) is 2.47. The van der Waals surface area contributed by atoms with Crippen LogP contribution in [0.4, 0.5) is 18.9 Å². The number of pyridine rings is 2. The molecule has 0 spiro atoms. The van der Waals surface area contributed by atoms with Crippen LogP contribution in [0.1, 0.15) is 24.6 Å². The predicted molar refractivity (Wildman–Crippen MR) is 74.7 cm³/mol. The number of nitrogens with two attached hydrogens (primary N) is 1. The number of anilines is 1. The highest BCUT2D eigenvalue weighted by Gasteiger charge is 2.37. The Morgan fingerprint density at radius 1 is 1.23 bits per heavy atom. The number of nitrogen functional groups attached to an aromatic ring is 1. The molecule has 116 valence electrons. The van der Waals surface area contributed by atoms with E-state index in [1.54, 1.807) is 6.07 Å². The Morgan fingerprint density at radius 2 is 2.05 bits per heavy atom. The number of nitrogens with zero attached hydrogens (tertiary/aromatic N) is 2. The molecule has 3 heterocycles. The number of rotatable bonds is 2. The Hall–Kier alpha value is -2.15. The maximum Gasteiger partial charge on any atom is 0.271 e. The summed E-state index contributed by atoms with van der Waals surface area (Å²) in [4.78, 5) is 8.10. The van der Waals surface area contributed by atoms with E-state index in [0.29, 0.717) is 11.3 Å². The summed E-state index contributed by atoms with van der Waals surface area (Å²) in [6.45, 7) is -0.666. The molecule has 1 aliphatic rings. The van der Waals surface area contributed by atoms with Gasteiger partial charge in [-0.05, 0) is 24.6 Å². The largest absolute Gasteiger partial charge is 0.397 e. The summed E-state index contributed by atoms with van der Waals surface area (Å²) < 4.78 is 45.3. The van der Waals surface area contributed by atoms with E-state index in [1.165, 1.54) is 24.5 Å². The standard InChI is InChI=1S/C15H14F3N3O/c16-10-2-1-6-20-13(10)9-4-7-21-14(12(9)19)11-3-5-15(17,18)8-22-11/h1-2,4,6-7,11H,3,5,8,19H2/t11-/m1/s1. The maximum absolute atomic E-state index is 13.9. The van der Waals surface area contributed by atoms with Crippen molar-refractivity contribution in [1.82, 2.24) is 9.97 Å². The highest BCUT2D eigenvalue weighted by molar-refractivity contribution is 5.75. The zero-order valence-corrected chi connectivity index (χ0v) is 11.6. The van der Waals surface area contributed by atoms with Gasteiger partial charge in [0, 0.05) is 24.4 Å². The second-order valence-corrected chi connectivity index (χ2v) is 5.19. The summed E-state index contributed by atoms with van der Waals surface area (Å²) in [5.41, 5.74) is 7.08. The van der Waals surface area contributed by atoms with Crippen molar-refractivity contribution in [3.63, 3.8) is 0 Å². The predicted octanol–water partition coefficient (Wildman–Crippen LogP) is 3.35. The molecular weight excluding hydrogens is 295 g/mol. The molecule has 0 aromatic carbocycles. The van der Waals surface area contributed by atoms with Crippen molar-refractivity contribution in [2.75, 3.05) is 12.3 Å². The summed E-state index contributed by atoms with van der Waals surface area (Å²) >= 11 is 0. The lowest BCUT2D eigenvalue weighted by molar-refractivity contribution is -0.146. The normalized spacial score (nSPS) is 20.8. The number of halogens is 3. The quantitative estimate of drug-likeness (QED) is 0.924. The lowest BCUT2D eigenvalue weighted by atomic mass is 9.99. The molecule has 4 nitrogen and oxygen atoms in total. The fourth-order valence-electron chi connectivity index (χ4n) is 2.47. The Kier molecular flexibility index (Phi) is 3.74. The van der Waals surface area contributed by atoms with E-state index < -0.39 is 24.5 Å². The molecule has 2 aromatic rings. The lowest BCUT2D eigenvalue weighted by Gasteiger charge is -2.29. The Bertz CT molecular complexity index is 683. The van der Waals surface area contributed by atoms with Crippen LogP contribution < -0.4 is 5.73 Å². The molecule has 0 aliphatic carbocycles. The Balaban J connectivity index is 1.95. The molecule has 0 radical (unpaired) electrons. The van der Waals surface area contributed by atoms with Crippen molar-refractivity contribution < 1.29 is 17.9 Å². The summed E-state index contributed by atoms with van der Waals surface area (Å²) in [6, 6.07) is 4.30. The molecule has 0 bridgehead atoms. The second-order valence-electron chi connectivity index (χ2n) is 5.19. The zero-order chi connectivity index (χ0) is 15.7. The molecule has 7 heteroatoms. The van der Waals surface area contributed by atoms with E-state index in [4.69, 9.17) is 10.5 Å². The first-order chi connectivity index (χ1) is 10.5. The summed E-state index contributed by atoms with van der Waals surface area (Å²) in [5, 5.41) is 0. The van der Waals surface area contributed by atoms with Gasteiger partial charge in [0.2, 0.25) is 0 Å². The minimum absolute atomic E-state index is 0.102. The van der Waals surface area contributed by atoms with Crippen molar-refractivity contribution in [3.8, 4) is 11.3 Å². The molecule has 1 saturated heterocycles. The van der Waals surface area contributed by atoms with Gasteiger partial charge in [0.15, 0.2) is 0 Å². The summed E-state index contributed by atoms with van der Waals surface area (Å²) in [7, 11) is 0. The first kappa shape index (κ1) is 14.8. The van der Waals surface area contributed by atoms with Gasteiger partial charge in [-0.3, -0.25) is 9.97 Å². The molecular formula is C15H14F3N3O. The van der Waals surface area contributed by atoms with Crippen molar-refractivity contribution in [3.05, 3.63) is 42.1 Å². The Labute approximate surface area is 125 Å². The molecule has 2 aromatic heterocycles. The molecule has 1 aliphatic heterocycles. The maximum atomic E-state index is 13.9. The van der Waals surface area contributed by atoms with Gasteiger partial charge in [-0.2, -0.15) is 0 Å². The fraction of sp³-hybridized carbons (Fsp3) is 0.333. The van der Waals surface area contributed by atoms with Gasteiger partial charge in [0.1, 0.15) is 24.2 Å². The number of aromatic nitrogens is 2. The van der Waals surface area contributed by atoms with Gasteiger partial charge >= 0.3 is 0 Å². The second kappa shape index (κ2) is 5.57. The van der Waals surface area contributed by atoms with E-state index >= 15 is 0 Å². The average Bonchev–Trinajstić information content (AvgIpc) is 2.49. The van der Waals surface area contributed by atoms with E-state index in [9.17, 15) is 13.2 Å². The van der Waals surface area contributed by atoms with Crippen molar-refractivity contribution in [1.29, 1.82) is 0 Å². The molecule has 3 rings (SSSR count). The van der Waals surface area contributed by atoms with Crippen LogP contribution in [-0.2, 0) is 4.74 Å². The topological polar surface area (TPSA) is 61.0 Å². The molecule has 22 heavy (non-hydrogen) atoms. The minimum atomic E-state index is -2.82. The summed E-state index contributed by atoms with van der Waals surface area (Å²) in [6.07, 6.45) is 2.10. The van der Waals surface area contributed by atoms with Crippen LogP contribution in [0.5, 0.6) is 0 Å². The monoisotopic (exact) mass is 309 g/mol. The third-order valence-corrected chi connectivity index (χ3v) is 3.61. The van der Waals surface area contributed by atoms with E-state index in [1.807, 2.05) is 0 Å². The average molecular weight is 309 g/mol. The molecule has 1 fully saturated rings. The smallest absolute Gasteiger partial charge is 0.271 e. The van der Waals surface area contributed by atoms with E-state index in [2.05, 4.69) is 9.97 Å². The van der Waals surface area contributed by atoms with Gasteiger partial charge < -0.3 is 10.5 Å². The van der Waals surface area contributed by atoms with Gasteiger partial charge in [-0.1, -0.05) is 0 Å². The third-order valence-electron chi connectivity index (χ3n) is 3.61. The molecule has 1 atom stereocenters. The van der Waals surface area contributed by atoms with Gasteiger partial charge in [-0.15, -0.1) is 0 Å². The first-order valence-electron chi connectivity index (χ1n) is 6.82. The lowest BCUT2D eigenvalue weighted by Crippen LogP contribution is -2.31. The van der Waals surface area contributed by atoms with Gasteiger partial charge in [0.05, 0.1) is 11.4 Å². The van der Waals surface area contributed by atoms with Gasteiger partial charge in [0.25, 0.3) is 5.92 Å². The van der Waals surface area contributed by atoms with Crippen LogP contribution in [0.2, 0.25) is 0 Å². The first-order valence-corrected chi connectivity index (χ1v) is 6.82. The number of hydrogen-bond donors (Lipinski definition) is 1. The van der Waals surface area contributed by atoms with Gasteiger partial charge in [-0.25, -0.2) is 13.2 Å². The van der Waals surface area contributed by atoms with Crippen LogP contribution >= 0.6 is 0 Å². The third kappa shape index (κ3) is 2.76. The molecule has 0 amide bonds. The highest BCUT2D eigenvalue weighted by atomic mass is 19.3. The van der Waals surface area contributed by atoms with Crippen LogP contribution in [0.3, 0.4) is 0 Å². The van der Waals surface area contributed by atoms with Crippen molar-refractivity contribution in [2.24, 2.45) is 0 Å². The van der Waals surface area contributed by atoms with Crippen molar-refractivity contribution >= 4 is 5.69 Å². The van der Waals surface area contributed by atoms with E-state index in [0.717, 1.165) is 0 Å². The molecule has 0 saturated carbocycles. The molecule has 0 unspecified atom stereocenters. The van der Waals surface area contributed by atoms with Crippen LogP contribution in [0.25, 0.3) is 11.3 Å². The van der Waals surface area contributed by atoms with Crippen molar-refractivity contribution in [2.45, 2.75) is 24.9 Å². The number of ether oxygens (including phenoxy) is 1. The SMILES string of the molecule is Nc1c(-c2ncccc2F)ccnc1[C@H]1CCC(F)(F)CO1. The van der Waals surface area contributed by atoms with Crippen LogP contribution in [0.15, 0.2) is 30.6 Å². The number of alkyl halides is 2. The number of hydrogen-bond acceptors (Lipinski definition) is 4. The molecule has 2 N–H and O–H groups in total. The Morgan fingerprint density at radius 3 is 2.73 bits per heavy atom. The highest BCUT2D eigenvalue weighted by Crippen LogP contribution is 2.39. The van der Waals surface area contributed by atoms with E-state index in [-0.39, 0.29) is 24.2 Å². The summed E-state index contributed by atoms with van der Waals surface area (Å²) in [5.74, 6) is -3.34. The van der Waals surface area contributed by atoms with Crippen LogP contribution in [-0.4, -0.2) is 22.5 Å². The van der Waals surface area contributed by atoms with Crippen LogP contribution in [0, 0.1) is 5.82 Å².